The van der Waals surface area contributed by atoms with Crippen molar-refractivity contribution in [1.82, 2.24) is 14.9 Å². The highest BCUT2D eigenvalue weighted by atomic mass is 19.1. The van der Waals surface area contributed by atoms with E-state index < -0.39 is 0 Å². The quantitative estimate of drug-likeness (QED) is 0.335. The molecule has 9 rings (SSSR count). The number of amides is 1. The van der Waals surface area contributed by atoms with Crippen molar-refractivity contribution in [1.29, 1.82) is 0 Å². The van der Waals surface area contributed by atoms with Crippen LogP contribution in [0.2, 0.25) is 0 Å². The van der Waals surface area contributed by atoms with Gasteiger partial charge in [-0.3, -0.25) is 4.79 Å². The highest BCUT2D eigenvalue weighted by molar-refractivity contribution is 5.84. The van der Waals surface area contributed by atoms with Crippen molar-refractivity contribution in [2.24, 2.45) is 57.2 Å². The number of nitrogens with one attached hydrogen (secondary N) is 1. The normalized spacial score (nSPS) is 40.7. The maximum atomic E-state index is 14.9. The molecule has 6 aliphatic carbocycles. The fourth-order valence-electron chi connectivity index (χ4n) is 13.6. The lowest BCUT2D eigenvalue weighted by Gasteiger charge is -2.69. The third-order valence-electron chi connectivity index (χ3n) is 16.4. The van der Waals surface area contributed by atoms with Gasteiger partial charge < -0.3 is 15.0 Å². The van der Waals surface area contributed by atoms with Crippen LogP contribution in [0.3, 0.4) is 0 Å². The molecule has 282 valence electrons. The monoisotopic (exact) mass is 702 g/mol. The molecule has 1 aromatic heterocycles. The summed E-state index contributed by atoms with van der Waals surface area (Å²) < 4.78 is 13.5. The number of imidazole rings is 1. The average Bonchev–Trinajstić information content (AvgIpc) is 3.51. The topological polar surface area (TPSA) is 69.2 Å². The van der Waals surface area contributed by atoms with Gasteiger partial charge in [-0.2, -0.15) is 0 Å². The van der Waals surface area contributed by atoms with E-state index in [1.165, 1.54) is 69.9 Å². The molecule has 10 unspecified atom stereocenters. The van der Waals surface area contributed by atoms with Crippen molar-refractivity contribution in [3.63, 3.8) is 0 Å². The predicted molar refractivity (Wildman–Crippen MR) is 204 cm³/mol. The Kier molecular flexibility index (Phi) is 10.1. The lowest BCUT2D eigenvalue weighted by atomic mass is 9.36. The Morgan fingerprint density at radius 2 is 1.53 bits per heavy atom. The lowest BCUT2D eigenvalue weighted by Crippen LogP contribution is -2.63. The van der Waals surface area contributed by atoms with Gasteiger partial charge >= 0.3 is 0 Å². The van der Waals surface area contributed by atoms with E-state index in [0.29, 0.717) is 40.4 Å². The summed E-state index contributed by atoms with van der Waals surface area (Å²) in [6, 6.07) is 6.53. The number of aliphatic hydroxyl groups is 1. The van der Waals surface area contributed by atoms with Crippen LogP contribution >= 0.6 is 0 Å². The van der Waals surface area contributed by atoms with Crippen LogP contribution in [0.15, 0.2) is 30.5 Å². The van der Waals surface area contributed by atoms with E-state index in [1.807, 2.05) is 20.0 Å². The Bertz CT molecular complexity index is 1530. The number of fused-ring (bicyclic) bond motifs is 7. The number of aliphatic hydroxyl groups excluding tert-OH is 1. The van der Waals surface area contributed by atoms with Crippen molar-refractivity contribution in [2.45, 2.75) is 157 Å². The maximum Gasteiger partial charge on any atom is 0.229 e. The second-order valence-corrected chi connectivity index (χ2v) is 19.1. The molecule has 6 heteroatoms. The molecule has 1 amide bonds. The summed E-state index contributed by atoms with van der Waals surface area (Å²) in [6.45, 7) is 17.0. The molecule has 51 heavy (non-hydrogen) atoms. The molecule has 0 radical (unpaired) electrons. The van der Waals surface area contributed by atoms with E-state index >= 15 is 0 Å². The van der Waals surface area contributed by atoms with Crippen LogP contribution in [-0.2, 0) is 4.79 Å². The molecule has 6 saturated carbocycles. The number of aromatic amines is 1. The van der Waals surface area contributed by atoms with Crippen molar-refractivity contribution < 1.29 is 14.3 Å². The summed E-state index contributed by atoms with van der Waals surface area (Å²) in [5.74, 6) is 5.32. The zero-order chi connectivity index (χ0) is 36.3. The minimum atomic E-state index is -0.242. The Balaban J connectivity index is 0.000000625. The van der Waals surface area contributed by atoms with Crippen LogP contribution in [0.25, 0.3) is 11.3 Å². The molecule has 7 fully saturated rings. The van der Waals surface area contributed by atoms with Crippen LogP contribution in [0.4, 0.5) is 4.39 Å². The van der Waals surface area contributed by atoms with Gasteiger partial charge in [0.15, 0.2) is 0 Å². The Labute approximate surface area is 308 Å². The minimum Gasteiger partial charge on any atom is -0.393 e. The minimum absolute atomic E-state index is 0.00599. The Hall–Kier alpha value is -2.21. The molecule has 2 aromatic rings. The van der Waals surface area contributed by atoms with Crippen LogP contribution in [0, 0.1) is 63.0 Å². The first-order valence-corrected chi connectivity index (χ1v) is 21.2. The Morgan fingerprint density at radius 1 is 0.824 bits per heavy atom. The first-order chi connectivity index (χ1) is 24.4. The number of carbonyl (C=O) groups excluding carboxylic acids is 1. The molecule has 0 spiro atoms. The van der Waals surface area contributed by atoms with Crippen molar-refractivity contribution in [2.75, 3.05) is 6.54 Å². The molecule has 1 aliphatic heterocycles. The van der Waals surface area contributed by atoms with Gasteiger partial charge in [0, 0.05) is 6.54 Å². The molecule has 5 nitrogen and oxygen atoms in total. The Morgan fingerprint density at radius 3 is 2.24 bits per heavy atom. The van der Waals surface area contributed by atoms with E-state index in [2.05, 4.69) is 44.5 Å². The molecule has 0 bridgehead atoms. The fraction of sp³-hybridized carbons (Fsp3) is 0.778. The van der Waals surface area contributed by atoms with Crippen molar-refractivity contribution in [3.05, 3.63) is 42.1 Å². The summed E-state index contributed by atoms with van der Waals surface area (Å²) >= 11 is 0. The number of hydrogen-bond donors (Lipinski definition) is 2. The van der Waals surface area contributed by atoms with Crippen LogP contribution in [-0.4, -0.2) is 38.5 Å². The number of rotatable bonds is 3. The van der Waals surface area contributed by atoms with Crippen LogP contribution in [0.1, 0.15) is 157 Å². The van der Waals surface area contributed by atoms with E-state index in [9.17, 15) is 14.3 Å². The van der Waals surface area contributed by atoms with E-state index in [-0.39, 0.29) is 28.8 Å². The molecule has 2 heterocycles. The van der Waals surface area contributed by atoms with Crippen molar-refractivity contribution >= 4 is 5.91 Å². The summed E-state index contributed by atoms with van der Waals surface area (Å²) in [7, 11) is 0. The number of likely N-dealkylation sites (tertiary alicyclic amines) is 1. The summed E-state index contributed by atoms with van der Waals surface area (Å²) in [5, 5.41) is 11.0. The highest BCUT2D eigenvalue weighted by Crippen LogP contribution is 2.73. The van der Waals surface area contributed by atoms with Gasteiger partial charge in [-0.15, -0.1) is 0 Å². The standard InChI is InChI=1S/C39H54FN3O2.C4H8.C2H6/c1-36(2)31-16-19-37(3)27-15-21-39(18-5-7-28(39)26(27)13-14-32(37)38(31,4)20-17-33(36)44)35(45)43-22-6-8-30(43)34-41-23-29(42-34)24-9-11-25(40)12-10-24;1-4-2-3-4;1-2/h9-12,23,26-28,30-33,44H,5-8,13-22H2,1-4H3,(H,41,42);4H,2-3H2,1H3;1-2H3. The van der Waals surface area contributed by atoms with Gasteiger partial charge in [0.2, 0.25) is 5.91 Å². The molecular weight excluding hydrogens is 634 g/mol. The molecular formula is C45H68FN3O2. The van der Waals surface area contributed by atoms with Gasteiger partial charge in [-0.25, -0.2) is 9.37 Å². The average molecular weight is 702 g/mol. The number of aromatic nitrogens is 2. The van der Waals surface area contributed by atoms with Crippen molar-refractivity contribution in [3.8, 4) is 11.3 Å². The number of hydrogen-bond acceptors (Lipinski definition) is 3. The molecule has 1 saturated heterocycles. The molecule has 1 aromatic carbocycles. The zero-order valence-corrected chi connectivity index (χ0v) is 32.9. The number of halogens is 1. The third kappa shape index (κ3) is 6.14. The van der Waals surface area contributed by atoms with Crippen LogP contribution in [0.5, 0.6) is 0 Å². The lowest BCUT2D eigenvalue weighted by molar-refractivity contribution is -0.215. The SMILES string of the molecule is CC.CC1(C)C(O)CCC2(C)C1CCC1(C)C3CCC4(C(=O)N5CCCC5c5ncc(-c6ccc(F)cc6)[nH]5)CCCC4C3CCC12.CC1CC1. The molecule has 10 atom stereocenters. The number of benzene rings is 1. The number of H-pyrrole nitrogens is 1. The highest BCUT2D eigenvalue weighted by Gasteiger charge is 2.67. The molecule has 7 aliphatic rings. The second-order valence-electron chi connectivity index (χ2n) is 19.1. The largest absolute Gasteiger partial charge is 0.393 e. The second kappa shape index (κ2) is 13.9. The number of nitrogens with zero attached hydrogens (tertiary/aromatic N) is 2. The number of carbonyl (C=O) groups is 1. The first-order valence-electron chi connectivity index (χ1n) is 21.2. The summed E-state index contributed by atoms with van der Waals surface area (Å²) in [6.07, 6.45) is 19.5. The van der Waals surface area contributed by atoms with Gasteiger partial charge in [-0.1, -0.05) is 67.7 Å². The van der Waals surface area contributed by atoms with E-state index in [1.54, 1.807) is 12.1 Å². The summed E-state index contributed by atoms with van der Waals surface area (Å²) in [5.41, 5.74) is 2.22. The third-order valence-corrected chi connectivity index (χ3v) is 16.4. The zero-order valence-electron chi connectivity index (χ0n) is 32.9. The van der Waals surface area contributed by atoms with Gasteiger partial charge in [0.25, 0.3) is 0 Å². The van der Waals surface area contributed by atoms with Crippen LogP contribution < -0.4 is 0 Å². The van der Waals surface area contributed by atoms with Gasteiger partial charge in [0.1, 0.15) is 11.6 Å². The predicted octanol–water partition coefficient (Wildman–Crippen LogP) is 11.1. The fourth-order valence-corrected chi connectivity index (χ4v) is 13.6. The van der Waals surface area contributed by atoms with Gasteiger partial charge in [0.05, 0.1) is 29.5 Å². The summed E-state index contributed by atoms with van der Waals surface area (Å²) in [4.78, 5) is 25.4. The molecule has 2 N–H and O–H groups in total. The smallest absolute Gasteiger partial charge is 0.229 e. The first kappa shape index (κ1) is 37.1. The van der Waals surface area contributed by atoms with Gasteiger partial charge in [-0.05, 0) is 159 Å². The maximum absolute atomic E-state index is 14.9. The van der Waals surface area contributed by atoms with E-state index in [0.717, 1.165) is 74.0 Å². The van der Waals surface area contributed by atoms with E-state index in [4.69, 9.17) is 4.98 Å².